The summed E-state index contributed by atoms with van der Waals surface area (Å²) < 4.78 is 45.2. The molecular weight excluding hydrogens is 449 g/mol. The Hall–Kier alpha value is -2.88. The van der Waals surface area contributed by atoms with E-state index in [4.69, 9.17) is 4.74 Å². The molecule has 2 aliphatic heterocycles. The predicted octanol–water partition coefficient (Wildman–Crippen LogP) is 4.36. The number of anilines is 1. The number of piperidine rings is 1. The van der Waals surface area contributed by atoms with Gasteiger partial charge in [-0.1, -0.05) is 30.3 Å². The lowest BCUT2D eigenvalue weighted by Gasteiger charge is -2.47. The van der Waals surface area contributed by atoms with Gasteiger partial charge < -0.3 is 19.6 Å². The van der Waals surface area contributed by atoms with Crippen molar-refractivity contribution in [1.29, 1.82) is 0 Å². The van der Waals surface area contributed by atoms with E-state index in [-0.39, 0.29) is 18.3 Å². The summed E-state index contributed by atoms with van der Waals surface area (Å²) in [6.07, 6.45) is -1.83. The number of hydrogen-bond donors (Lipinski definition) is 1. The van der Waals surface area contributed by atoms with E-state index < -0.39 is 29.3 Å². The number of amides is 1. The fourth-order valence-electron chi connectivity index (χ4n) is 4.95. The van der Waals surface area contributed by atoms with Gasteiger partial charge in [0.15, 0.2) is 0 Å². The normalized spacial score (nSPS) is 24.2. The Balaban J connectivity index is 1.51. The third kappa shape index (κ3) is 5.27. The zero-order valence-electron chi connectivity index (χ0n) is 19.3. The van der Waals surface area contributed by atoms with Crippen molar-refractivity contribution in [3.63, 3.8) is 0 Å². The summed E-state index contributed by atoms with van der Waals surface area (Å²) in [4.78, 5) is 23.7. The van der Waals surface area contributed by atoms with E-state index in [1.807, 2.05) is 30.3 Å². The van der Waals surface area contributed by atoms with Crippen LogP contribution in [0.5, 0.6) is 0 Å². The standard InChI is InChI=1S/C24H29F3N4O3/c1-22(2,33)16-23(17-7-4-3-5-8-17)11-14-31(21(32)34-23)18-9-6-13-30(15-18)19-10-12-28-20(29-19)24(25,26)27/h3-5,7-8,10,12,18,33H,6,9,11,13-16H2,1-2H3/t18-,23-/m0/s1. The smallest absolute Gasteiger partial charge is 0.438 e. The number of cyclic esters (lactones) is 1. The number of carbonyl (C=O) groups is 1. The molecule has 4 rings (SSSR count). The molecule has 10 heteroatoms. The van der Waals surface area contributed by atoms with E-state index >= 15 is 0 Å². The Labute approximate surface area is 196 Å². The fraction of sp³-hybridized carbons (Fsp3) is 0.542. The number of alkyl halides is 3. The molecular formula is C24H29F3N4O3. The van der Waals surface area contributed by atoms with E-state index in [2.05, 4.69) is 9.97 Å². The molecule has 0 saturated carbocycles. The van der Waals surface area contributed by atoms with Crippen LogP contribution in [0.4, 0.5) is 23.8 Å². The minimum atomic E-state index is -4.62. The number of nitrogens with zero attached hydrogens (tertiary/aromatic N) is 4. The first-order valence-electron chi connectivity index (χ1n) is 11.4. The molecule has 1 N–H and O–H groups in total. The molecule has 1 aromatic heterocycles. The molecule has 1 amide bonds. The van der Waals surface area contributed by atoms with Gasteiger partial charge in [-0.05, 0) is 38.3 Å². The van der Waals surface area contributed by atoms with Crippen molar-refractivity contribution in [1.82, 2.24) is 14.9 Å². The van der Waals surface area contributed by atoms with Crippen LogP contribution in [0.2, 0.25) is 0 Å². The molecule has 184 valence electrons. The minimum Gasteiger partial charge on any atom is -0.438 e. The minimum absolute atomic E-state index is 0.193. The number of rotatable bonds is 5. The zero-order chi connectivity index (χ0) is 24.6. The number of aliphatic hydroxyl groups is 1. The number of ether oxygens (including phenoxy) is 1. The van der Waals surface area contributed by atoms with Crippen LogP contribution in [0, 0.1) is 0 Å². The van der Waals surface area contributed by atoms with Crippen molar-refractivity contribution in [2.24, 2.45) is 0 Å². The topological polar surface area (TPSA) is 78.8 Å². The van der Waals surface area contributed by atoms with Gasteiger partial charge >= 0.3 is 12.3 Å². The van der Waals surface area contributed by atoms with E-state index in [1.165, 1.54) is 6.07 Å². The van der Waals surface area contributed by atoms with Crippen LogP contribution in [0.25, 0.3) is 0 Å². The van der Waals surface area contributed by atoms with Gasteiger partial charge in [-0.3, -0.25) is 0 Å². The van der Waals surface area contributed by atoms with Crippen LogP contribution >= 0.6 is 0 Å². The Morgan fingerprint density at radius 1 is 1.18 bits per heavy atom. The summed E-state index contributed by atoms with van der Waals surface area (Å²) in [6, 6.07) is 10.6. The van der Waals surface area contributed by atoms with Gasteiger partial charge in [0.25, 0.3) is 0 Å². The second-order valence-electron chi connectivity index (χ2n) is 9.64. The third-order valence-corrected chi connectivity index (χ3v) is 6.35. The van der Waals surface area contributed by atoms with Crippen LogP contribution < -0.4 is 4.90 Å². The molecule has 0 unspecified atom stereocenters. The molecule has 0 aliphatic carbocycles. The maximum atomic E-state index is 13.2. The molecule has 0 bridgehead atoms. The average molecular weight is 479 g/mol. The summed E-state index contributed by atoms with van der Waals surface area (Å²) in [6.45, 7) is 4.69. The van der Waals surface area contributed by atoms with Crippen LogP contribution in [-0.4, -0.2) is 57.3 Å². The zero-order valence-corrected chi connectivity index (χ0v) is 19.3. The van der Waals surface area contributed by atoms with Crippen molar-refractivity contribution in [3.8, 4) is 0 Å². The first-order valence-corrected chi connectivity index (χ1v) is 11.4. The summed E-state index contributed by atoms with van der Waals surface area (Å²) >= 11 is 0. The number of aromatic nitrogens is 2. The van der Waals surface area contributed by atoms with Crippen LogP contribution in [0.1, 0.15) is 50.9 Å². The molecule has 0 spiro atoms. The maximum absolute atomic E-state index is 13.2. The van der Waals surface area contributed by atoms with Gasteiger partial charge in [0.2, 0.25) is 5.82 Å². The van der Waals surface area contributed by atoms with E-state index in [0.717, 1.165) is 11.8 Å². The molecule has 0 radical (unpaired) electrons. The quantitative estimate of drug-likeness (QED) is 0.688. The van der Waals surface area contributed by atoms with Gasteiger partial charge in [0, 0.05) is 38.7 Å². The first-order chi connectivity index (χ1) is 16.0. The Kier molecular flexibility index (Phi) is 6.46. The second kappa shape index (κ2) is 9.05. The lowest BCUT2D eigenvalue weighted by atomic mass is 9.80. The molecule has 2 atom stereocenters. The Morgan fingerprint density at radius 3 is 2.56 bits per heavy atom. The summed E-state index contributed by atoms with van der Waals surface area (Å²) in [5.41, 5.74) is -1.17. The van der Waals surface area contributed by atoms with Crippen molar-refractivity contribution in [2.45, 2.75) is 63.0 Å². The van der Waals surface area contributed by atoms with Crippen LogP contribution in [-0.2, 0) is 16.5 Å². The Morgan fingerprint density at radius 2 is 1.91 bits per heavy atom. The largest absolute Gasteiger partial charge is 0.451 e. The highest BCUT2D eigenvalue weighted by molar-refractivity contribution is 5.70. The molecule has 1 aromatic carbocycles. The van der Waals surface area contributed by atoms with E-state index in [0.29, 0.717) is 38.9 Å². The van der Waals surface area contributed by atoms with Crippen LogP contribution in [0.3, 0.4) is 0 Å². The third-order valence-electron chi connectivity index (χ3n) is 6.35. The number of carbonyl (C=O) groups excluding carboxylic acids is 1. The maximum Gasteiger partial charge on any atom is 0.451 e. The highest BCUT2D eigenvalue weighted by Crippen LogP contribution is 2.41. The van der Waals surface area contributed by atoms with Crippen molar-refractivity contribution >= 4 is 11.9 Å². The van der Waals surface area contributed by atoms with Crippen LogP contribution in [0.15, 0.2) is 42.6 Å². The van der Waals surface area contributed by atoms with Gasteiger partial charge in [-0.25, -0.2) is 14.8 Å². The lowest BCUT2D eigenvalue weighted by Crippen LogP contribution is -2.57. The summed E-state index contributed by atoms with van der Waals surface area (Å²) in [5, 5.41) is 10.5. The van der Waals surface area contributed by atoms with Crippen molar-refractivity contribution in [2.75, 3.05) is 24.5 Å². The summed E-state index contributed by atoms with van der Waals surface area (Å²) in [7, 11) is 0. The Bertz CT molecular complexity index is 1010. The number of halogens is 3. The highest BCUT2D eigenvalue weighted by Gasteiger charge is 2.47. The summed E-state index contributed by atoms with van der Waals surface area (Å²) in [5.74, 6) is -0.984. The molecule has 34 heavy (non-hydrogen) atoms. The number of hydrogen-bond acceptors (Lipinski definition) is 6. The van der Waals surface area contributed by atoms with E-state index in [1.54, 1.807) is 23.6 Å². The second-order valence-corrected chi connectivity index (χ2v) is 9.64. The highest BCUT2D eigenvalue weighted by atomic mass is 19.4. The van der Waals surface area contributed by atoms with Crippen molar-refractivity contribution < 1.29 is 27.8 Å². The van der Waals surface area contributed by atoms with Gasteiger partial charge in [-0.15, -0.1) is 0 Å². The lowest BCUT2D eigenvalue weighted by molar-refractivity contribution is -0.144. The van der Waals surface area contributed by atoms with Crippen molar-refractivity contribution in [3.05, 3.63) is 54.0 Å². The molecule has 7 nitrogen and oxygen atoms in total. The molecule has 2 fully saturated rings. The fourth-order valence-corrected chi connectivity index (χ4v) is 4.95. The monoisotopic (exact) mass is 478 g/mol. The predicted molar refractivity (Wildman–Crippen MR) is 119 cm³/mol. The average Bonchev–Trinajstić information content (AvgIpc) is 2.78. The van der Waals surface area contributed by atoms with E-state index in [9.17, 15) is 23.1 Å². The SMILES string of the molecule is CC(C)(O)C[C@]1(c2ccccc2)CCN([C@H]2CCCN(c3ccnc(C(F)(F)F)n3)C2)C(=O)O1. The first kappa shape index (κ1) is 24.3. The number of benzene rings is 1. The van der Waals surface area contributed by atoms with Gasteiger partial charge in [0.1, 0.15) is 11.4 Å². The van der Waals surface area contributed by atoms with Gasteiger partial charge in [0.05, 0.1) is 11.6 Å². The molecule has 2 saturated heterocycles. The molecule has 2 aliphatic rings. The molecule has 3 heterocycles. The molecule has 2 aromatic rings. The van der Waals surface area contributed by atoms with Gasteiger partial charge in [-0.2, -0.15) is 13.2 Å².